The minimum absolute atomic E-state index is 0.248. The Morgan fingerprint density at radius 2 is 2.06 bits per heavy atom. The number of hydrogen-bond donors (Lipinski definition) is 2. The first-order chi connectivity index (χ1) is 8.33. The molecule has 0 radical (unpaired) electrons. The fourth-order valence-corrected chi connectivity index (χ4v) is 3.17. The molecule has 0 spiro atoms. The molecule has 2 saturated heterocycles. The predicted molar refractivity (Wildman–Crippen MR) is 70.2 cm³/mol. The van der Waals surface area contributed by atoms with E-state index >= 15 is 0 Å². The van der Waals surface area contributed by atoms with E-state index in [1.807, 2.05) is 0 Å². The second-order valence-electron chi connectivity index (χ2n) is 5.38. The van der Waals surface area contributed by atoms with Gasteiger partial charge in [0, 0.05) is 25.2 Å². The smallest absolute Gasteiger partial charge is 0.0597 e. The summed E-state index contributed by atoms with van der Waals surface area (Å²) in [7, 11) is 0. The number of likely N-dealkylation sites (N-methyl/N-ethyl adjacent to an activating group) is 1. The molecule has 17 heavy (non-hydrogen) atoms. The van der Waals surface area contributed by atoms with Crippen molar-refractivity contribution >= 4 is 0 Å². The van der Waals surface area contributed by atoms with Gasteiger partial charge in [-0.25, -0.2) is 0 Å². The average molecular weight is 241 g/mol. The molecule has 2 unspecified atom stereocenters. The van der Waals surface area contributed by atoms with Crippen LogP contribution < -0.4 is 5.32 Å². The molecule has 100 valence electrons. The molecule has 2 fully saturated rings. The van der Waals surface area contributed by atoms with Crippen molar-refractivity contribution in [1.29, 1.82) is 0 Å². The topological polar surface area (TPSA) is 38.7 Å². The Kier molecular flexibility index (Phi) is 5.22. The molecule has 0 aromatic heterocycles. The van der Waals surface area contributed by atoms with Crippen LogP contribution in [0.3, 0.4) is 0 Å². The average Bonchev–Trinajstić information content (AvgIpc) is 2.98. The van der Waals surface area contributed by atoms with Crippen LogP contribution in [0.4, 0.5) is 0 Å². The molecule has 2 atom stereocenters. The standard InChI is InChI=1S/C13H27N3O/c1-2-14-12(11-17)9-15-8-5-13(10-15)16-6-3-4-7-16/h12-14,17H,2-11H2,1H3. The summed E-state index contributed by atoms with van der Waals surface area (Å²) in [6.45, 7) is 9.27. The van der Waals surface area contributed by atoms with Gasteiger partial charge < -0.3 is 15.3 Å². The molecule has 0 saturated carbocycles. The van der Waals surface area contributed by atoms with E-state index in [4.69, 9.17) is 0 Å². The van der Waals surface area contributed by atoms with Crippen LogP contribution in [-0.2, 0) is 0 Å². The van der Waals surface area contributed by atoms with Crippen molar-refractivity contribution in [3.8, 4) is 0 Å². The number of rotatable bonds is 6. The number of aliphatic hydroxyl groups excluding tert-OH is 1. The summed E-state index contributed by atoms with van der Waals surface area (Å²) >= 11 is 0. The summed E-state index contributed by atoms with van der Waals surface area (Å²) < 4.78 is 0. The van der Waals surface area contributed by atoms with Crippen LogP contribution in [0.1, 0.15) is 26.2 Å². The van der Waals surface area contributed by atoms with Gasteiger partial charge in [0.2, 0.25) is 0 Å². The fourth-order valence-electron chi connectivity index (χ4n) is 3.17. The highest BCUT2D eigenvalue weighted by Crippen LogP contribution is 2.20. The highest BCUT2D eigenvalue weighted by atomic mass is 16.3. The SMILES string of the molecule is CCNC(CO)CN1CCC(N2CCCC2)C1. The normalized spacial score (nSPS) is 28.9. The van der Waals surface area contributed by atoms with Gasteiger partial charge in [-0.1, -0.05) is 6.92 Å². The van der Waals surface area contributed by atoms with E-state index in [9.17, 15) is 5.11 Å². The zero-order valence-corrected chi connectivity index (χ0v) is 11.1. The van der Waals surface area contributed by atoms with E-state index in [1.165, 1.54) is 45.4 Å². The lowest BCUT2D eigenvalue weighted by molar-refractivity contribution is 0.186. The van der Waals surface area contributed by atoms with Crippen LogP contribution in [0, 0.1) is 0 Å². The van der Waals surface area contributed by atoms with E-state index in [2.05, 4.69) is 22.0 Å². The van der Waals surface area contributed by atoms with E-state index in [0.29, 0.717) is 0 Å². The van der Waals surface area contributed by atoms with Crippen molar-refractivity contribution in [2.45, 2.75) is 38.3 Å². The molecule has 2 aliphatic rings. The van der Waals surface area contributed by atoms with Gasteiger partial charge in [0.15, 0.2) is 0 Å². The Balaban J connectivity index is 1.73. The quantitative estimate of drug-likeness (QED) is 0.693. The maximum Gasteiger partial charge on any atom is 0.0597 e. The Labute approximate surface area is 105 Å². The van der Waals surface area contributed by atoms with Gasteiger partial charge in [-0.2, -0.15) is 0 Å². The molecular weight excluding hydrogens is 214 g/mol. The zero-order valence-electron chi connectivity index (χ0n) is 11.1. The number of aliphatic hydroxyl groups is 1. The third-order valence-electron chi connectivity index (χ3n) is 4.10. The third-order valence-corrected chi connectivity index (χ3v) is 4.10. The monoisotopic (exact) mass is 241 g/mol. The third kappa shape index (κ3) is 3.65. The van der Waals surface area contributed by atoms with Gasteiger partial charge in [-0.05, 0) is 45.4 Å². The van der Waals surface area contributed by atoms with E-state index in [1.54, 1.807) is 0 Å². The van der Waals surface area contributed by atoms with Crippen molar-refractivity contribution in [3.63, 3.8) is 0 Å². The molecule has 0 bridgehead atoms. The summed E-state index contributed by atoms with van der Waals surface area (Å²) in [5.74, 6) is 0. The van der Waals surface area contributed by atoms with Crippen LogP contribution in [0.25, 0.3) is 0 Å². The van der Waals surface area contributed by atoms with Gasteiger partial charge >= 0.3 is 0 Å². The summed E-state index contributed by atoms with van der Waals surface area (Å²) in [6, 6.07) is 1.02. The van der Waals surface area contributed by atoms with Crippen LogP contribution in [0.2, 0.25) is 0 Å². The van der Waals surface area contributed by atoms with Crippen molar-refractivity contribution in [2.75, 3.05) is 45.9 Å². The number of nitrogens with zero attached hydrogens (tertiary/aromatic N) is 2. The summed E-state index contributed by atoms with van der Waals surface area (Å²) in [4.78, 5) is 5.16. The van der Waals surface area contributed by atoms with Gasteiger partial charge in [0.1, 0.15) is 0 Å². The van der Waals surface area contributed by atoms with Crippen molar-refractivity contribution < 1.29 is 5.11 Å². The lowest BCUT2D eigenvalue weighted by atomic mass is 10.2. The van der Waals surface area contributed by atoms with Crippen molar-refractivity contribution in [2.24, 2.45) is 0 Å². The first-order valence-corrected chi connectivity index (χ1v) is 7.14. The van der Waals surface area contributed by atoms with E-state index in [0.717, 1.165) is 19.1 Å². The van der Waals surface area contributed by atoms with E-state index in [-0.39, 0.29) is 12.6 Å². The molecular formula is C13H27N3O. The van der Waals surface area contributed by atoms with Crippen molar-refractivity contribution in [1.82, 2.24) is 15.1 Å². The molecule has 4 nitrogen and oxygen atoms in total. The maximum absolute atomic E-state index is 9.30. The molecule has 2 N–H and O–H groups in total. The molecule has 2 heterocycles. The first-order valence-electron chi connectivity index (χ1n) is 7.14. The molecule has 2 aliphatic heterocycles. The molecule has 0 amide bonds. The number of nitrogens with one attached hydrogen (secondary N) is 1. The highest BCUT2D eigenvalue weighted by Gasteiger charge is 2.29. The molecule has 2 rings (SSSR count). The number of likely N-dealkylation sites (tertiary alicyclic amines) is 2. The summed E-state index contributed by atoms with van der Waals surface area (Å²) in [5, 5.41) is 12.6. The fraction of sp³-hybridized carbons (Fsp3) is 1.00. The largest absolute Gasteiger partial charge is 0.395 e. The second kappa shape index (κ2) is 6.69. The maximum atomic E-state index is 9.30. The van der Waals surface area contributed by atoms with Gasteiger partial charge in [0.05, 0.1) is 6.61 Å². The van der Waals surface area contributed by atoms with Crippen LogP contribution >= 0.6 is 0 Å². The first kappa shape index (κ1) is 13.3. The minimum Gasteiger partial charge on any atom is -0.395 e. The van der Waals surface area contributed by atoms with Gasteiger partial charge in [-0.3, -0.25) is 4.90 Å². The van der Waals surface area contributed by atoms with Crippen LogP contribution in [0.15, 0.2) is 0 Å². The highest BCUT2D eigenvalue weighted by molar-refractivity contribution is 4.87. The zero-order chi connectivity index (χ0) is 12.1. The van der Waals surface area contributed by atoms with Crippen LogP contribution in [-0.4, -0.2) is 72.9 Å². The lowest BCUT2D eigenvalue weighted by Gasteiger charge is -2.25. The van der Waals surface area contributed by atoms with Crippen LogP contribution in [0.5, 0.6) is 0 Å². The predicted octanol–water partition coefficient (Wildman–Crippen LogP) is 0.127. The van der Waals surface area contributed by atoms with Gasteiger partial charge in [-0.15, -0.1) is 0 Å². The summed E-state index contributed by atoms with van der Waals surface area (Å²) in [6.07, 6.45) is 4.07. The number of hydrogen-bond acceptors (Lipinski definition) is 4. The molecule has 0 aromatic carbocycles. The van der Waals surface area contributed by atoms with Gasteiger partial charge in [0.25, 0.3) is 0 Å². The van der Waals surface area contributed by atoms with Crippen molar-refractivity contribution in [3.05, 3.63) is 0 Å². The Morgan fingerprint density at radius 3 is 2.71 bits per heavy atom. The molecule has 0 aromatic rings. The van der Waals surface area contributed by atoms with E-state index < -0.39 is 0 Å². The second-order valence-corrected chi connectivity index (χ2v) is 5.38. The molecule has 0 aliphatic carbocycles. The Morgan fingerprint density at radius 1 is 1.29 bits per heavy atom. The minimum atomic E-state index is 0.248. The Hall–Kier alpha value is -0.160. The summed E-state index contributed by atoms with van der Waals surface area (Å²) in [5.41, 5.74) is 0. The molecule has 4 heteroatoms. The Bertz CT molecular complexity index is 219. The lowest BCUT2D eigenvalue weighted by Crippen LogP contribution is -2.43.